The van der Waals surface area contributed by atoms with E-state index in [0.717, 1.165) is 22.3 Å². The van der Waals surface area contributed by atoms with Gasteiger partial charge in [-0.1, -0.05) is 129 Å². The first-order valence-electron chi connectivity index (χ1n) is 16.4. The number of carbonyl (C=O) groups excluding carboxylic acids is 3. The van der Waals surface area contributed by atoms with E-state index >= 15 is 4.57 Å². The lowest BCUT2D eigenvalue weighted by Gasteiger charge is -2.33. The van der Waals surface area contributed by atoms with Crippen molar-refractivity contribution in [1.29, 1.82) is 0 Å². The van der Waals surface area contributed by atoms with Gasteiger partial charge in [0, 0.05) is 19.0 Å². The van der Waals surface area contributed by atoms with Crippen LogP contribution >= 0.6 is 7.37 Å². The number of nitrogens with two attached hydrogens (primary N) is 1. The van der Waals surface area contributed by atoms with Gasteiger partial charge in [-0.3, -0.25) is 18.7 Å². The van der Waals surface area contributed by atoms with Crippen molar-refractivity contribution < 1.29 is 32.9 Å². The zero-order chi connectivity index (χ0) is 35.4. The van der Waals surface area contributed by atoms with Crippen molar-refractivity contribution in [3.8, 4) is 11.1 Å². The molecule has 49 heavy (non-hydrogen) atoms. The van der Waals surface area contributed by atoms with Crippen molar-refractivity contribution in [1.82, 2.24) is 5.32 Å². The minimum atomic E-state index is -4.00. The van der Waals surface area contributed by atoms with Gasteiger partial charge in [-0.15, -0.1) is 0 Å². The molecule has 9 nitrogen and oxygen atoms in total. The summed E-state index contributed by atoms with van der Waals surface area (Å²) in [6.07, 6.45) is -1.29. The van der Waals surface area contributed by atoms with E-state index < -0.39 is 49.2 Å². The zero-order valence-electron chi connectivity index (χ0n) is 28.4. The van der Waals surface area contributed by atoms with E-state index in [0.29, 0.717) is 5.56 Å². The fourth-order valence-electron chi connectivity index (χ4n) is 5.26. The number of benzene rings is 4. The molecule has 0 aliphatic carbocycles. The van der Waals surface area contributed by atoms with Crippen LogP contribution in [0.4, 0.5) is 0 Å². The Morgan fingerprint density at radius 3 is 1.88 bits per heavy atom. The summed E-state index contributed by atoms with van der Waals surface area (Å²) in [7, 11) is -4.00. The first-order valence-corrected chi connectivity index (χ1v) is 18.2. The molecule has 0 heterocycles. The van der Waals surface area contributed by atoms with Crippen molar-refractivity contribution in [2.24, 2.45) is 17.6 Å². The van der Waals surface area contributed by atoms with E-state index in [2.05, 4.69) is 5.32 Å². The lowest BCUT2D eigenvalue weighted by Crippen LogP contribution is -2.44. The molecular weight excluding hydrogens is 639 g/mol. The van der Waals surface area contributed by atoms with E-state index in [1.165, 1.54) is 13.8 Å². The predicted molar refractivity (Wildman–Crippen MR) is 190 cm³/mol. The summed E-state index contributed by atoms with van der Waals surface area (Å²) in [5.74, 6) is -4.17. The molecule has 5 unspecified atom stereocenters. The maximum Gasteiger partial charge on any atom is 0.328 e. The van der Waals surface area contributed by atoms with Crippen LogP contribution in [0.1, 0.15) is 50.2 Å². The number of carbonyl (C=O) groups is 3. The molecule has 0 fully saturated rings. The molecule has 4 aromatic carbocycles. The summed E-state index contributed by atoms with van der Waals surface area (Å²) < 4.78 is 32.1. The van der Waals surface area contributed by atoms with Crippen LogP contribution in [-0.2, 0) is 46.0 Å². The quantitative estimate of drug-likeness (QED) is 0.0716. The van der Waals surface area contributed by atoms with Crippen LogP contribution in [0.15, 0.2) is 115 Å². The van der Waals surface area contributed by atoms with Gasteiger partial charge < -0.3 is 20.5 Å². The third kappa shape index (κ3) is 11.0. The van der Waals surface area contributed by atoms with Crippen LogP contribution < -0.4 is 11.1 Å². The molecule has 0 aromatic heterocycles. The van der Waals surface area contributed by atoms with Gasteiger partial charge in [0.05, 0.1) is 5.92 Å². The molecule has 0 aliphatic rings. The van der Waals surface area contributed by atoms with Crippen LogP contribution in [-0.4, -0.2) is 36.3 Å². The molecule has 0 bridgehead atoms. The average Bonchev–Trinajstić information content (AvgIpc) is 3.11. The number of ether oxygens (including phenoxy) is 2. The highest BCUT2D eigenvalue weighted by atomic mass is 31.2. The highest BCUT2D eigenvalue weighted by Gasteiger charge is 2.41. The minimum absolute atomic E-state index is 0.0544. The molecule has 5 atom stereocenters. The summed E-state index contributed by atoms with van der Waals surface area (Å²) in [4.78, 5) is 38.9. The van der Waals surface area contributed by atoms with E-state index in [1.54, 1.807) is 38.1 Å². The van der Waals surface area contributed by atoms with Crippen molar-refractivity contribution in [2.45, 2.75) is 58.8 Å². The number of amides is 1. The molecule has 0 radical (unpaired) electrons. The second kappa shape index (κ2) is 17.7. The van der Waals surface area contributed by atoms with Crippen LogP contribution in [0.5, 0.6) is 0 Å². The van der Waals surface area contributed by atoms with Crippen LogP contribution in [0.3, 0.4) is 0 Å². The number of rotatable bonds is 16. The third-order valence-corrected chi connectivity index (χ3v) is 10.7. The van der Waals surface area contributed by atoms with E-state index in [-0.39, 0.29) is 25.1 Å². The van der Waals surface area contributed by atoms with Crippen LogP contribution in [0.2, 0.25) is 0 Å². The maximum atomic E-state index is 15.0. The average molecular weight is 685 g/mol. The van der Waals surface area contributed by atoms with Gasteiger partial charge in [0.2, 0.25) is 19.6 Å². The molecule has 1 amide bonds. The summed E-state index contributed by atoms with van der Waals surface area (Å²) in [6, 6.07) is 34.7. The molecule has 258 valence electrons. The monoisotopic (exact) mass is 684 g/mol. The van der Waals surface area contributed by atoms with Crippen molar-refractivity contribution in [2.75, 3.05) is 6.16 Å². The Kier molecular flexibility index (Phi) is 13.5. The molecule has 0 spiro atoms. The topological polar surface area (TPSA) is 134 Å². The standard InChI is InChI=1S/C39H45N2O7P/c1-27(2)39(47-29(4)42)48-49(45,36(40)34-18-12-7-13-19-34)26-35(24-30-20-22-33(23-21-30)32-16-10-6-11-17-32)37(43)41-28(3)38(44)46-25-31-14-8-5-9-15-31/h5-23,27-28,35-36,39H,24-26,40H2,1-4H3,(H,41,43). The fourth-order valence-corrected chi connectivity index (χ4v) is 7.88. The number of nitrogens with one attached hydrogen (secondary N) is 1. The van der Waals surface area contributed by atoms with Gasteiger partial charge in [0.25, 0.3) is 0 Å². The normalized spacial score (nSPS) is 14.9. The molecule has 4 rings (SSSR count). The molecule has 0 saturated carbocycles. The second-order valence-electron chi connectivity index (χ2n) is 12.4. The highest BCUT2D eigenvalue weighted by molar-refractivity contribution is 7.59. The van der Waals surface area contributed by atoms with Gasteiger partial charge in [-0.25, -0.2) is 4.79 Å². The smallest absolute Gasteiger partial charge is 0.328 e. The van der Waals surface area contributed by atoms with E-state index in [9.17, 15) is 14.4 Å². The molecule has 0 aliphatic heterocycles. The van der Waals surface area contributed by atoms with E-state index in [1.807, 2.05) is 91.0 Å². The second-order valence-corrected chi connectivity index (χ2v) is 15.0. The summed E-state index contributed by atoms with van der Waals surface area (Å²) in [5.41, 5.74) is 10.9. The molecule has 0 saturated heterocycles. The summed E-state index contributed by atoms with van der Waals surface area (Å²) in [5, 5.41) is 2.77. The largest absolute Gasteiger partial charge is 0.459 e. The Bertz CT molecular complexity index is 1700. The molecule has 3 N–H and O–H groups in total. The third-order valence-electron chi connectivity index (χ3n) is 8.00. The predicted octanol–water partition coefficient (Wildman–Crippen LogP) is 7.26. The van der Waals surface area contributed by atoms with Gasteiger partial charge in [-0.05, 0) is 41.2 Å². The maximum absolute atomic E-state index is 15.0. The number of hydrogen-bond donors (Lipinski definition) is 2. The fraction of sp³-hybridized carbons (Fsp3) is 0.308. The Balaban J connectivity index is 1.64. The summed E-state index contributed by atoms with van der Waals surface area (Å²) in [6.45, 7) is 6.38. The zero-order valence-corrected chi connectivity index (χ0v) is 29.3. The Morgan fingerprint density at radius 1 is 0.755 bits per heavy atom. The highest BCUT2D eigenvalue weighted by Crippen LogP contribution is 2.60. The molecule has 10 heteroatoms. The lowest BCUT2D eigenvalue weighted by molar-refractivity contribution is -0.166. The minimum Gasteiger partial charge on any atom is -0.459 e. The van der Waals surface area contributed by atoms with Gasteiger partial charge >= 0.3 is 11.9 Å². The SMILES string of the molecule is CC(=O)OC(OP(=O)(CC(Cc1ccc(-c2ccccc2)cc1)C(=O)NC(C)C(=O)OCc1ccccc1)C(N)c1ccccc1)C(C)C. The summed E-state index contributed by atoms with van der Waals surface area (Å²) >= 11 is 0. The Hall–Kier alpha value is -4.56. The van der Waals surface area contributed by atoms with Crippen molar-refractivity contribution in [3.05, 3.63) is 132 Å². The molecule has 4 aromatic rings. The number of esters is 2. The molecular formula is C39H45N2O7P. The Labute approximate surface area is 288 Å². The number of hydrogen-bond acceptors (Lipinski definition) is 8. The first-order chi connectivity index (χ1) is 23.4. The van der Waals surface area contributed by atoms with Crippen LogP contribution in [0, 0.1) is 11.8 Å². The first kappa shape index (κ1) is 37.3. The van der Waals surface area contributed by atoms with Crippen LogP contribution in [0.25, 0.3) is 11.1 Å². The van der Waals surface area contributed by atoms with Crippen molar-refractivity contribution in [3.63, 3.8) is 0 Å². The lowest BCUT2D eigenvalue weighted by atomic mass is 9.97. The van der Waals surface area contributed by atoms with Gasteiger partial charge in [0.15, 0.2) is 0 Å². The Morgan fingerprint density at radius 2 is 1.31 bits per heavy atom. The van der Waals surface area contributed by atoms with E-state index in [4.69, 9.17) is 19.7 Å². The van der Waals surface area contributed by atoms with Crippen molar-refractivity contribution >= 4 is 25.2 Å². The van der Waals surface area contributed by atoms with Gasteiger partial charge in [0.1, 0.15) is 18.4 Å². The van der Waals surface area contributed by atoms with Gasteiger partial charge in [-0.2, -0.15) is 0 Å².